The van der Waals surface area contributed by atoms with Crippen molar-refractivity contribution in [2.45, 2.75) is 26.4 Å². The maximum absolute atomic E-state index is 11.7. The molecule has 2 amide bonds. The van der Waals surface area contributed by atoms with E-state index in [9.17, 15) is 4.79 Å². The number of hydrogen-bond acceptors (Lipinski definition) is 3. The van der Waals surface area contributed by atoms with Crippen LogP contribution in [0.3, 0.4) is 0 Å². The van der Waals surface area contributed by atoms with E-state index in [4.69, 9.17) is 4.42 Å². The first-order chi connectivity index (χ1) is 11.2. The summed E-state index contributed by atoms with van der Waals surface area (Å²) in [5.41, 5.74) is 2.14. The molecule has 0 spiro atoms. The summed E-state index contributed by atoms with van der Waals surface area (Å²) in [5, 5.41) is 5.61. The van der Waals surface area contributed by atoms with Crippen molar-refractivity contribution in [3.8, 4) is 0 Å². The van der Waals surface area contributed by atoms with Crippen molar-refractivity contribution in [3.63, 3.8) is 0 Å². The van der Waals surface area contributed by atoms with Gasteiger partial charge in [-0.2, -0.15) is 0 Å². The highest BCUT2D eigenvalue weighted by molar-refractivity contribution is 5.75. The van der Waals surface area contributed by atoms with Gasteiger partial charge in [-0.15, -0.1) is 0 Å². The summed E-state index contributed by atoms with van der Waals surface area (Å²) < 4.78 is 7.34. The van der Waals surface area contributed by atoms with Crippen molar-refractivity contribution in [3.05, 3.63) is 54.2 Å². The Hall–Kier alpha value is -2.76. The summed E-state index contributed by atoms with van der Waals surface area (Å²) >= 11 is 0. The number of aromatic nitrogens is 2. The molecule has 0 unspecified atom stereocenters. The average molecular weight is 312 g/mol. The second kappa shape index (κ2) is 7.00. The summed E-state index contributed by atoms with van der Waals surface area (Å²) in [4.78, 5) is 16.2. The van der Waals surface area contributed by atoms with E-state index in [1.165, 1.54) is 0 Å². The molecule has 0 aliphatic rings. The molecule has 2 aromatic heterocycles. The number of urea groups is 1. The second-order valence-corrected chi connectivity index (χ2v) is 5.34. The highest BCUT2D eigenvalue weighted by Crippen LogP contribution is 2.15. The molecular formula is C17H20N4O2. The molecule has 2 N–H and O–H groups in total. The van der Waals surface area contributed by atoms with Crippen LogP contribution in [-0.4, -0.2) is 22.1 Å². The van der Waals surface area contributed by atoms with E-state index in [1.54, 1.807) is 12.3 Å². The van der Waals surface area contributed by atoms with Crippen LogP contribution in [-0.2, 0) is 13.1 Å². The zero-order valence-corrected chi connectivity index (χ0v) is 13.1. The number of rotatable bonds is 6. The normalized spacial score (nSPS) is 10.8. The van der Waals surface area contributed by atoms with E-state index in [0.717, 1.165) is 35.6 Å². The van der Waals surface area contributed by atoms with E-state index in [0.29, 0.717) is 13.1 Å². The van der Waals surface area contributed by atoms with Crippen LogP contribution in [0.5, 0.6) is 0 Å². The molecule has 6 heteroatoms. The molecule has 0 aliphatic carbocycles. The van der Waals surface area contributed by atoms with Crippen molar-refractivity contribution < 1.29 is 9.21 Å². The lowest BCUT2D eigenvalue weighted by atomic mass is 10.3. The van der Waals surface area contributed by atoms with E-state index >= 15 is 0 Å². The standard InChI is InChI=1S/C17H20N4O2/c1-13-20-15-7-2-3-8-16(15)21(13)10-5-9-18-17(22)19-12-14-6-4-11-23-14/h2-4,6-8,11H,5,9-10,12H2,1H3,(H2,18,19,22). The number of furan rings is 1. The fraction of sp³-hybridized carbons (Fsp3) is 0.294. The fourth-order valence-corrected chi connectivity index (χ4v) is 2.56. The monoisotopic (exact) mass is 312 g/mol. The molecule has 0 bridgehead atoms. The maximum Gasteiger partial charge on any atom is 0.315 e. The van der Waals surface area contributed by atoms with Crippen LogP contribution in [0, 0.1) is 6.92 Å². The molecule has 0 atom stereocenters. The molecule has 1 aromatic carbocycles. The number of nitrogens with one attached hydrogen (secondary N) is 2. The first kappa shape index (κ1) is 15.1. The van der Waals surface area contributed by atoms with Crippen LogP contribution in [0.4, 0.5) is 4.79 Å². The topological polar surface area (TPSA) is 72.1 Å². The molecular weight excluding hydrogens is 292 g/mol. The first-order valence-electron chi connectivity index (χ1n) is 7.70. The minimum atomic E-state index is -0.186. The summed E-state index contributed by atoms with van der Waals surface area (Å²) in [5.74, 6) is 1.73. The van der Waals surface area contributed by atoms with E-state index in [2.05, 4.69) is 26.3 Å². The van der Waals surface area contributed by atoms with Crippen LogP contribution >= 0.6 is 0 Å². The van der Waals surface area contributed by atoms with Crippen molar-refractivity contribution >= 4 is 17.1 Å². The lowest BCUT2D eigenvalue weighted by Crippen LogP contribution is -2.35. The third-order valence-electron chi connectivity index (χ3n) is 3.69. The van der Waals surface area contributed by atoms with Gasteiger partial charge in [-0.3, -0.25) is 0 Å². The van der Waals surface area contributed by atoms with Crippen molar-refractivity contribution in [2.24, 2.45) is 0 Å². The van der Waals surface area contributed by atoms with Crippen molar-refractivity contribution in [1.82, 2.24) is 20.2 Å². The summed E-state index contributed by atoms with van der Waals surface area (Å²) in [7, 11) is 0. The Kier molecular flexibility index (Phi) is 4.61. The summed E-state index contributed by atoms with van der Waals surface area (Å²) in [6, 6.07) is 11.5. The number of amides is 2. The number of benzene rings is 1. The molecule has 6 nitrogen and oxygen atoms in total. The zero-order chi connectivity index (χ0) is 16.1. The number of fused-ring (bicyclic) bond motifs is 1. The van der Waals surface area contributed by atoms with Crippen molar-refractivity contribution in [2.75, 3.05) is 6.54 Å². The Balaban J connectivity index is 1.44. The number of hydrogen-bond donors (Lipinski definition) is 2. The van der Waals surface area contributed by atoms with Gasteiger partial charge in [0.15, 0.2) is 0 Å². The zero-order valence-electron chi connectivity index (χ0n) is 13.1. The quantitative estimate of drug-likeness (QED) is 0.687. The minimum absolute atomic E-state index is 0.186. The Morgan fingerprint density at radius 1 is 1.22 bits per heavy atom. The molecule has 0 radical (unpaired) electrons. The predicted octanol–water partition coefficient (Wildman–Crippen LogP) is 2.83. The Bertz CT molecular complexity index is 777. The van der Waals surface area contributed by atoms with Crippen molar-refractivity contribution in [1.29, 1.82) is 0 Å². The number of carbonyl (C=O) groups is 1. The average Bonchev–Trinajstić information content (AvgIpc) is 3.17. The maximum atomic E-state index is 11.7. The molecule has 0 saturated carbocycles. The van der Waals surface area contributed by atoms with Gasteiger partial charge in [0, 0.05) is 13.1 Å². The Morgan fingerprint density at radius 3 is 2.91 bits per heavy atom. The lowest BCUT2D eigenvalue weighted by Gasteiger charge is -2.09. The molecule has 23 heavy (non-hydrogen) atoms. The van der Waals surface area contributed by atoms with Gasteiger partial charge < -0.3 is 19.6 Å². The fourth-order valence-electron chi connectivity index (χ4n) is 2.56. The number of imidazole rings is 1. The van der Waals surface area contributed by atoms with Gasteiger partial charge in [0.25, 0.3) is 0 Å². The van der Waals surface area contributed by atoms with E-state index in [-0.39, 0.29) is 6.03 Å². The van der Waals surface area contributed by atoms with Crippen LogP contribution in [0.15, 0.2) is 47.1 Å². The minimum Gasteiger partial charge on any atom is -0.467 e. The van der Waals surface area contributed by atoms with Gasteiger partial charge in [-0.1, -0.05) is 12.1 Å². The van der Waals surface area contributed by atoms with Gasteiger partial charge in [0.2, 0.25) is 0 Å². The third-order valence-corrected chi connectivity index (χ3v) is 3.69. The number of para-hydroxylation sites is 2. The van der Waals surface area contributed by atoms with Gasteiger partial charge in [-0.05, 0) is 37.6 Å². The van der Waals surface area contributed by atoms with E-state index < -0.39 is 0 Å². The third kappa shape index (κ3) is 3.71. The molecule has 0 saturated heterocycles. The number of carbonyl (C=O) groups excluding carboxylic acids is 1. The summed E-state index contributed by atoms with van der Waals surface area (Å²) in [6.07, 6.45) is 2.43. The van der Waals surface area contributed by atoms with Crippen LogP contribution in [0.2, 0.25) is 0 Å². The smallest absolute Gasteiger partial charge is 0.315 e. The largest absolute Gasteiger partial charge is 0.467 e. The first-order valence-corrected chi connectivity index (χ1v) is 7.70. The highest BCUT2D eigenvalue weighted by Gasteiger charge is 2.06. The molecule has 3 rings (SSSR count). The number of aryl methyl sites for hydroxylation is 2. The van der Waals surface area contributed by atoms with Gasteiger partial charge in [-0.25, -0.2) is 9.78 Å². The van der Waals surface area contributed by atoms with Crippen LogP contribution in [0.25, 0.3) is 11.0 Å². The Labute approximate surface area is 134 Å². The van der Waals surface area contributed by atoms with Gasteiger partial charge in [0.05, 0.1) is 23.8 Å². The lowest BCUT2D eigenvalue weighted by molar-refractivity contribution is 0.239. The molecule has 120 valence electrons. The molecule has 3 aromatic rings. The predicted molar refractivity (Wildman–Crippen MR) is 88.0 cm³/mol. The molecule has 0 fully saturated rings. The number of nitrogens with zero attached hydrogens (tertiary/aromatic N) is 2. The van der Waals surface area contributed by atoms with Crippen LogP contribution < -0.4 is 10.6 Å². The highest BCUT2D eigenvalue weighted by atomic mass is 16.3. The second-order valence-electron chi connectivity index (χ2n) is 5.34. The van der Waals surface area contributed by atoms with Gasteiger partial charge >= 0.3 is 6.03 Å². The SMILES string of the molecule is Cc1nc2ccccc2n1CCCNC(=O)NCc1ccco1. The van der Waals surface area contributed by atoms with E-state index in [1.807, 2.05) is 31.2 Å². The summed E-state index contributed by atoms with van der Waals surface area (Å²) in [6.45, 7) is 3.83. The van der Waals surface area contributed by atoms with Crippen LogP contribution in [0.1, 0.15) is 18.0 Å². The molecule has 2 heterocycles. The molecule has 0 aliphatic heterocycles. The van der Waals surface area contributed by atoms with Gasteiger partial charge in [0.1, 0.15) is 11.6 Å². The Morgan fingerprint density at radius 2 is 2.09 bits per heavy atom.